The number of carbonyl (C=O) groups excluding carboxylic acids is 2. The van der Waals surface area contributed by atoms with E-state index in [1.54, 1.807) is 24.3 Å². The first-order chi connectivity index (χ1) is 15.0. The minimum atomic E-state index is -0.391. The maximum absolute atomic E-state index is 12.9. The van der Waals surface area contributed by atoms with Crippen molar-refractivity contribution in [2.24, 2.45) is 0 Å². The van der Waals surface area contributed by atoms with Crippen LogP contribution < -0.4 is 10.1 Å². The van der Waals surface area contributed by atoms with Crippen LogP contribution >= 0.6 is 34.3 Å². The highest BCUT2D eigenvalue weighted by atomic mass is 35.5. The lowest BCUT2D eigenvalue weighted by atomic mass is 10.1. The van der Waals surface area contributed by atoms with Crippen LogP contribution in [0, 0.1) is 0 Å². The summed E-state index contributed by atoms with van der Waals surface area (Å²) in [5.41, 5.74) is 2.45. The van der Waals surface area contributed by atoms with E-state index >= 15 is 0 Å². The summed E-state index contributed by atoms with van der Waals surface area (Å²) < 4.78 is 10.8. The highest BCUT2D eigenvalue weighted by Crippen LogP contribution is 2.38. The van der Waals surface area contributed by atoms with Crippen LogP contribution in [0.5, 0.6) is 5.75 Å². The summed E-state index contributed by atoms with van der Waals surface area (Å²) in [6.07, 6.45) is 5.08. The minimum Gasteiger partial charge on any atom is -0.489 e. The second-order valence-corrected chi connectivity index (χ2v) is 9.73. The maximum atomic E-state index is 12.9. The zero-order valence-electron chi connectivity index (χ0n) is 17.0. The molecule has 2 heterocycles. The summed E-state index contributed by atoms with van der Waals surface area (Å²) in [4.78, 5) is 27.1. The molecule has 31 heavy (non-hydrogen) atoms. The largest absolute Gasteiger partial charge is 0.489 e. The molecule has 1 amide bonds. The Bertz CT molecular complexity index is 1090. The lowest BCUT2D eigenvalue weighted by Gasteiger charge is -2.07. The number of fused-ring (bicyclic) bond motifs is 1. The molecule has 0 saturated heterocycles. The van der Waals surface area contributed by atoms with Crippen LogP contribution in [0.2, 0.25) is 5.02 Å². The zero-order valence-corrected chi connectivity index (χ0v) is 19.4. The molecule has 162 valence electrons. The monoisotopic (exact) mass is 475 g/mol. The van der Waals surface area contributed by atoms with Gasteiger partial charge in [0.25, 0.3) is 5.91 Å². The molecule has 0 atom stereocenters. The number of methoxy groups -OCH3 is 1. The lowest BCUT2D eigenvalue weighted by Crippen LogP contribution is -2.13. The van der Waals surface area contributed by atoms with E-state index in [-0.39, 0.29) is 5.91 Å². The number of amides is 1. The van der Waals surface area contributed by atoms with Crippen LogP contribution in [0.15, 0.2) is 35.7 Å². The number of anilines is 1. The molecule has 1 aliphatic rings. The Balaban J connectivity index is 1.47. The van der Waals surface area contributed by atoms with Gasteiger partial charge in [-0.25, -0.2) is 4.79 Å². The van der Waals surface area contributed by atoms with Gasteiger partial charge >= 0.3 is 5.97 Å². The van der Waals surface area contributed by atoms with Gasteiger partial charge < -0.3 is 14.8 Å². The van der Waals surface area contributed by atoms with Gasteiger partial charge in [-0.15, -0.1) is 22.7 Å². The molecule has 1 N–H and O–H groups in total. The predicted molar refractivity (Wildman–Crippen MR) is 125 cm³/mol. The molecule has 8 heteroatoms. The van der Waals surface area contributed by atoms with Crippen LogP contribution in [0.25, 0.3) is 0 Å². The molecule has 0 saturated carbocycles. The van der Waals surface area contributed by atoms with Crippen molar-refractivity contribution in [3.63, 3.8) is 0 Å². The molecule has 0 fully saturated rings. The van der Waals surface area contributed by atoms with E-state index in [9.17, 15) is 9.59 Å². The summed E-state index contributed by atoms with van der Waals surface area (Å²) in [6.45, 7) is 0.353. The van der Waals surface area contributed by atoms with E-state index in [0.29, 0.717) is 32.8 Å². The normalized spacial score (nSPS) is 13.2. The van der Waals surface area contributed by atoms with E-state index in [1.807, 2.05) is 11.4 Å². The molecule has 1 aromatic carbocycles. The number of carbonyl (C=O) groups is 2. The van der Waals surface area contributed by atoms with Crippen LogP contribution in [-0.2, 0) is 24.2 Å². The number of benzene rings is 1. The molecular formula is C23H22ClNO4S2. The number of hydrogen-bond donors (Lipinski definition) is 1. The first-order valence-corrected chi connectivity index (χ1v) is 12.1. The van der Waals surface area contributed by atoms with Gasteiger partial charge in [0.1, 0.15) is 17.4 Å². The Labute approximate surface area is 194 Å². The molecule has 5 nitrogen and oxygen atoms in total. The number of aryl methyl sites for hydroxylation is 1. The third-order valence-electron chi connectivity index (χ3n) is 5.13. The third kappa shape index (κ3) is 5.11. The first-order valence-electron chi connectivity index (χ1n) is 10.0. The number of ether oxygens (including phenoxy) is 2. The van der Waals surface area contributed by atoms with Gasteiger partial charge in [-0.05, 0) is 67.0 Å². The van der Waals surface area contributed by atoms with Crippen LogP contribution in [0.1, 0.15) is 55.3 Å². The number of halogens is 1. The van der Waals surface area contributed by atoms with Gasteiger partial charge in [-0.3, -0.25) is 4.79 Å². The fourth-order valence-corrected chi connectivity index (χ4v) is 5.77. The fraction of sp³-hybridized carbons (Fsp3) is 0.304. The molecule has 0 spiro atoms. The molecule has 0 aliphatic heterocycles. The average Bonchev–Trinajstić information content (AvgIpc) is 3.31. The third-order valence-corrected chi connectivity index (χ3v) is 7.57. The average molecular weight is 476 g/mol. The second kappa shape index (κ2) is 9.85. The van der Waals surface area contributed by atoms with Crippen molar-refractivity contribution in [3.8, 4) is 5.75 Å². The molecule has 3 aromatic rings. The van der Waals surface area contributed by atoms with Crippen LogP contribution in [-0.4, -0.2) is 19.0 Å². The molecule has 0 bridgehead atoms. The number of nitrogens with one attached hydrogen (secondary N) is 1. The van der Waals surface area contributed by atoms with Crippen molar-refractivity contribution in [2.45, 2.75) is 38.7 Å². The molecule has 4 rings (SSSR count). The van der Waals surface area contributed by atoms with E-state index in [1.165, 1.54) is 34.7 Å². The SMILES string of the molecule is COC(=O)c1c(NC(=O)c2cc(COc3ccc(Cl)cc3)cs2)sc2c1CCCCC2. The topological polar surface area (TPSA) is 64.6 Å². The summed E-state index contributed by atoms with van der Waals surface area (Å²) in [5, 5.41) is 6.08. The predicted octanol–water partition coefficient (Wildman–Crippen LogP) is 6.35. The van der Waals surface area contributed by atoms with Crippen LogP contribution in [0.4, 0.5) is 5.00 Å². The van der Waals surface area contributed by atoms with Crippen molar-refractivity contribution < 1.29 is 19.1 Å². The summed E-state index contributed by atoms with van der Waals surface area (Å²) in [7, 11) is 1.38. The van der Waals surface area contributed by atoms with E-state index in [2.05, 4.69) is 5.32 Å². The standard InChI is InChI=1S/C23H22ClNO4S2/c1-28-23(27)20-17-5-3-2-4-6-18(17)31-22(20)25-21(26)19-11-14(13-30-19)12-29-16-9-7-15(24)8-10-16/h7-11,13H,2-6,12H2,1H3,(H,25,26). The maximum Gasteiger partial charge on any atom is 0.341 e. The quantitative estimate of drug-likeness (QED) is 0.333. The summed E-state index contributed by atoms with van der Waals surface area (Å²) in [6, 6.07) is 8.96. The Hall–Kier alpha value is -2.35. The van der Waals surface area contributed by atoms with Crippen molar-refractivity contribution in [1.82, 2.24) is 0 Å². The van der Waals surface area contributed by atoms with Gasteiger partial charge in [0.15, 0.2) is 0 Å². The number of thiophene rings is 2. The van der Waals surface area contributed by atoms with Crippen LogP contribution in [0.3, 0.4) is 0 Å². The fourth-order valence-electron chi connectivity index (χ4n) is 3.58. The first kappa shape index (κ1) is 21.9. The van der Waals surface area contributed by atoms with Crippen molar-refractivity contribution in [3.05, 3.63) is 67.2 Å². The Kier molecular flexibility index (Phi) is 6.95. The molecule has 0 unspecified atom stereocenters. The van der Waals surface area contributed by atoms with Gasteiger partial charge in [0.05, 0.1) is 17.6 Å². The molecule has 0 radical (unpaired) electrons. The minimum absolute atomic E-state index is 0.232. The highest BCUT2D eigenvalue weighted by Gasteiger charge is 2.26. The lowest BCUT2D eigenvalue weighted by molar-refractivity contribution is 0.0601. The smallest absolute Gasteiger partial charge is 0.341 e. The van der Waals surface area contributed by atoms with Gasteiger partial charge in [0, 0.05) is 15.5 Å². The van der Waals surface area contributed by atoms with Crippen molar-refractivity contribution in [1.29, 1.82) is 0 Å². The zero-order chi connectivity index (χ0) is 21.8. The Morgan fingerprint density at radius 1 is 1.13 bits per heavy atom. The van der Waals surface area contributed by atoms with Gasteiger partial charge in [-0.1, -0.05) is 18.0 Å². The number of rotatable bonds is 6. The number of esters is 1. The van der Waals surface area contributed by atoms with E-state index in [0.717, 1.165) is 43.2 Å². The Morgan fingerprint density at radius 2 is 1.90 bits per heavy atom. The Morgan fingerprint density at radius 3 is 2.68 bits per heavy atom. The second-order valence-electron chi connectivity index (χ2n) is 7.28. The summed E-state index contributed by atoms with van der Waals surface area (Å²) in [5.74, 6) is 0.0895. The molecular weight excluding hydrogens is 454 g/mol. The molecule has 2 aromatic heterocycles. The summed E-state index contributed by atoms with van der Waals surface area (Å²) >= 11 is 8.73. The van der Waals surface area contributed by atoms with E-state index in [4.69, 9.17) is 21.1 Å². The number of hydrogen-bond acceptors (Lipinski definition) is 6. The van der Waals surface area contributed by atoms with Crippen molar-refractivity contribution in [2.75, 3.05) is 12.4 Å². The van der Waals surface area contributed by atoms with E-state index < -0.39 is 5.97 Å². The highest BCUT2D eigenvalue weighted by molar-refractivity contribution is 7.17. The van der Waals surface area contributed by atoms with Gasteiger partial charge in [0.2, 0.25) is 0 Å². The van der Waals surface area contributed by atoms with Crippen molar-refractivity contribution >= 4 is 51.2 Å². The molecule has 1 aliphatic carbocycles. The van der Waals surface area contributed by atoms with Gasteiger partial charge in [-0.2, -0.15) is 0 Å².